The molecule has 0 saturated heterocycles. The average Bonchev–Trinajstić information content (AvgIpc) is 2.35. The van der Waals surface area contributed by atoms with Crippen molar-refractivity contribution in [3.8, 4) is 11.5 Å². The van der Waals surface area contributed by atoms with Gasteiger partial charge in [-0.15, -0.1) is 0 Å². The second-order valence-electron chi connectivity index (χ2n) is 3.53. The molecule has 4 nitrogen and oxygen atoms in total. The van der Waals surface area contributed by atoms with Gasteiger partial charge >= 0.3 is 0 Å². The number of rotatable bonds is 3. The summed E-state index contributed by atoms with van der Waals surface area (Å²) in [6.45, 7) is 0. The zero-order chi connectivity index (χ0) is 14.0. The Kier molecular flexibility index (Phi) is 4.29. The Morgan fingerprint density at radius 3 is 2.26 bits per heavy atom. The first-order valence-electron chi connectivity index (χ1n) is 5.05. The molecule has 19 heavy (non-hydrogen) atoms. The van der Waals surface area contributed by atoms with Crippen LogP contribution >= 0.6 is 39.1 Å². The molecule has 0 heterocycles. The number of nitro benzene ring substituents is 1. The highest BCUT2D eigenvalue weighted by Gasteiger charge is 2.17. The van der Waals surface area contributed by atoms with Crippen molar-refractivity contribution < 1.29 is 9.66 Å². The van der Waals surface area contributed by atoms with E-state index in [1.54, 1.807) is 18.2 Å². The van der Waals surface area contributed by atoms with Crippen LogP contribution in [0, 0.1) is 10.1 Å². The monoisotopic (exact) mass is 361 g/mol. The van der Waals surface area contributed by atoms with E-state index in [2.05, 4.69) is 15.9 Å². The minimum atomic E-state index is -0.569. The Balaban J connectivity index is 2.42. The van der Waals surface area contributed by atoms with E-state index < -0.39 is 4.92 Å². The predicted molar refractivity (Wildman–Crippen MR) is 77.3 cm³/mol. The molecule has 0 N–H and O–H groups in total. The van der Waals surface area contributed by atoms with Gasteiger partial charge in [0.25, 0.3) is 5.69 Å². The second-order valence-corrected chi connectivity index (χ2v) is 5.20. The molecule has 2 aromatic carbocycles. The van der Waals surface area contributed by atoms with Crippen LogP contribution in [-0.4, -0.2) is 4.92 Å². The Morgan fingerprint density at radius 2 is 1.74 bits per heavy atom. The summed E-state index contributed by atoms with van der Waals surface area (Å²) >= 11 is 15.2. The number of para-hydroxylation sites is 1. The molecule has 98 valence electrons. The van der Waals surface area contributed by atoms with Gasteiger partial charge in [-0.1, -0.05) is 35.3 Å². The first-order valence-corrected chi connectivity index (χ1v) is 6.59. The van der Waals surface area contributed by atoms with Gasteiger partial charge in [-0.05, 0) is 28.1 Å². The maximum Gasteiger partial charge on any atom is 0.272 e. The van der Waals surface area contributed by atoms with Crippen LogP contribution in [0.25, 0.3) is 0 Å². The number of halogens is 3. The summed E-state index contributed by atoms with van der Waals surface area (Å²) in [5, 5.41) is 10.8. The third-order valence-electron chi connectivity index (χ3n) is 2.24. The summed E-state index contributed by atoms with van der Waals surface area (Å²) in [6.07, 6.45) is 0. The topological polar surface area (TPSA) is 52.4 Å². The predicted octanol–water partition coefficient (Wildman–Crippen LogP) is 5.46. The summed E-state index contributed by atoms with van der Waals surface area (Å²) in [5.74, 6) is 0.695. The van der Waals surface area contributed by atoms with Gasteiger partial charge in [-0.25, -0.2) is 0 Å². The largest absolute Gasteiger partial charge is 0.453 e. The maximum absolute atomic E-state index is 10.7. The summed E-state index contributed by atoms with van der Waals surface area (Å²) in [7, 11) is 0. The average molecular weight is 363 g/mol. The van der Waals surface area contributed by atoms with Crippen molar-refractivity contribution in [2.45, 2.75) is 0 Å². The van der Waals surface area contributed by atoms with E-state index in [9.17, 15) is 10.1 Å². The molecule has 0 bridgehead atoms. The smallest absolute Gasteiger partial charge is 0.272 e. The molecular formula is C12H6BrCl2NO3. The minimum Gasteiger partial charge on any atom is -0.453 e. The molecule has 2 aromatic rings. The van der Waals surface area contributed by atoms with Crippen LogP contribution in [0.3, 0.4) is 0 Å². The van der Waals surface area contributed by atoms with Crippen LogP contribution in [0.4, 0.5) is 5.69 Å². The molecule has 0 amide bonds. The normalized spacial score (nSPS) is 10.3. The lowest BCUT2D eigenvalue weighted by Gasteiger charge is -2.10. The molecule has 0 aromatic heterocycles. The molecule has 0 radical (unpaired) electrons. The molecule has 0 saturated carbocycles. The van der Waals surface area contributed by atoms with Gasteiger partial charge in [0.2, 0.25) is 0 Å². The molecule has 0 aliphatic carbocycles. The van der Waals surface area contributed by atoms with Gasteiger partial charge in [0.15, 0.2) is 5.75 Å². The Morgan fingerprint density at radius 1 is 1.16 bits per heavy atom. The first-order chi connectivity index (χ1) is 8.99. The van der Waals surface area contributed by atoms with Crippen LogP contribution in [0.5, 0.6) is 11.5 Å². The van der Waals surface area contributed by atoms with E-state index in [4.69, 9.17) is 27.9 Å². The van der Waals surface area contributed by atoms with Crippen molar-refractivity contribution in [1.82, 2.24) is 0 Å². The van der Waals surface area contributed by atoms with Crippen molar-refractivity contribution in [3.63, 3.8) is 0 Å². The number of benzene rings is 2. The van der Waals surface area contributed by atoms with Crippen LogP contribution in [0.2, 0.25) is 10.0 Å². The zero-order valence-electron chi connectivity index (χ0n) is 9.27. The Bertz CT molecular complexity index is 626. The fraction of sp³-hybridized carbons (Fsp3) is 0. The Labute approximate surface area is 127 Å². The molecule has 0 spiro atoms. The molecule has 0 aliphatic heterocycles. The molecule has 2 rings (SSSR count). The minimum absolute atomic E-state index is 0.0787. The number of nitrogens with zero attached hydrogens (tertiary/aromatic N) is 1. The van der Waals surface area contributed by atoms with E-state index in [1.807, 2.05) is 6.07 Å². The third kappa shape index (κ3) is 3.18. The summed E-state index contributed by atoms with van der Waals surface area (Å²) in [5.41, 5.74) is -0.186. The summed E-state index contributed by atoms with van der Waals surface area (Å²) in [6, 6.07) is 9.52. The standard InChI is InChI=1S/C12H6BrCl2NO3/c13-8-3-1-2-4-11(8)19-12-9(14)5-7(16(17)18)6-10(12)15/h1-6H. The van der Waals surface area contributed by atoms with E-state index >= 15 is 0 Å². The third-order valence-corrected chi connectivity index (χ3v) is 3.46. The molecule has 0 fully saturated rings. The first kappa shape index (κ1) is 14.1. The van der Waals surface area contributed by atoms with Gasteiger partial charge in [-0.2, -0.15) is 0 Å². The van der Waals surface area contributed by atoms with Gasteiger partial charge in [0.1, 0.15) is 5.75 Å². The second kappa shape index (κ2) is 5.77. The van der Waals surface area contributed by atoms with Crippen LogP contribution in [0.15, 0.2) is 40.9 Å². The lowest BCUT2D eigenvalue weighted by molar-refractivity contribution is -0.384. The van der Waals surface area contributed by atoms with Gasteiger partial charge in [0.05, 0.1) is 19.4 Å². The fourth-order valence-corrected chi connectivity index (χ4v) is 2.31. The zero-order valence-corrected chi connectivity index (χ0v) is 12.4. The van der Waals surface area contributed by atoms with Crippen molar-refractivity contribution in [1.29, 1.82) is 0 Å². The van der Waals surface area contributed by atoms with Gasteiger partial charge in [-0.3, -0.25) is 10.1 Å². The molecular weight excluding hydrogens is 357 g/mol. The highest BCUT2D eigenvalue weighted by molar-refractivity contribution is 9.10. The van der Waals surface area contributed by atoms with Crippen molar-refractivity contribution in [2.24, 2.45) is 0 Å². The number of nitro groups is 1. The summed E-state index contributed by atoms with van der Waals surface area (Å²) < 4.78 is 6.29. The Hall–Kier alpha value is -1.30. The van der Waals surface area contributed by atoms with Crippen molar-refractivity contribution in [3.05, 3.63) is 61.0 Å². The molecule has 0 atom stereocenters. The molecule has 0 aliphatic rings. The van der Waals surface area contributed by atoms with Crippen molar-refractivity contribution >= 4 is 44.8 Å². The summed E-state index contributed by atoms with van der Waals surface area (Å²) in [4.78, 5) is 10.1. The lowest BCUT2D eigenvalue weighted by Crippen LogP contribution is -1.92. The number of hydrogen-bond donors (Lipinski definition) is 0. The number of non-ortho nitro benzene ring substituents is 1. The number of hydrogen-bond acceptors (Lipinski definition) is 3. The van der Waals surface area contributed by atoms with E-state index in [1.165, 1.54) is 12.1 Å². The van der Waals surface area contributed by atoms with Gasteiger partial charge < -0.3 is 4.74 Å². The highest BCUT2D eigenvalue weighted by Crippen LogP contribution is 2.40. The lowest BCUT2D eigenvalue weighted by atomic mass is 10.3. The highest BCUT2D eigenvalue weighted by atomic mass is 79.9. The van der Waals surface area contributed by atoms with E-state index in [-0.39, 0.29) is 21.5 Å². The quantitative estimate of drug-likeness (QED) is 0.538. The fourth-order valence-electron chi connectivity index (χ4n) is 1.39. The molecule has 0 unspecified atom stereocenters. The van der Waals surface area contributed by atoms with Crippen LogP contribution in [-0.2, 0) is 0 Å². The van der Waals surface area contributed by atoms with Crippen LogP contribution in [0.1, 0.15) is 0 Å². The maximum atomic E-state index is 10.7. The SMILES string of the molecule is O=[N+]([O-])c1cc(Cl)c(Oc2ccccc2Br)c(Cl)c1. The number of ether oxygens (including phenoxy) is 1. The van der Waals surface area contributed by atoms with Crippen LogP contribution < -0.4 is 4.74 Å². The van der Waals surface area contributed by atoms with Crippen molar-refractivity contribution in [2.75, 3.05) is 0 Å². The molecule has 7 heteroatoms. The van der Waals surface area contributed by atoms with E-state index in [0.29, 0.717) is 5.75 Å². The van der Waals surface area contributed by atoms with E-state index in [0.717, 1.165) is 4.47 Å². The van der Waals surface area contributed by atoms with Gasteiger partial charge in [0, 0.05) is 12.1 Å².